The predicted molar refractivity (Wildman–Crippen MR) is 159 cm³/mol. The lowest BCUT2D eigenvalue weighted by Gasteiger charge is -2.48. The molecule has 0 saturated carbocycles. The third-order valence-electron chi connectivity index (χ3n) is 7.35. The number of allylic oxidation sites excluding steroid dienone is 1. The molecule has 41 heavy (non-hydrogen) atoms. The van der Waals surface area contributed by atoms with Crippen LogP contribution < -0.4 is 20.1 Å². The summed E-state index contributed by atoms with van der Waals surface area (Å²) >= 11 is 1.44. The summed E-state index contributed by atoms with van der Waals surface area (Å²) in [4.78, 5) is 33.4. The van der Waals surface area contributed by atoms with Crippen LogP contribution in [0, 0.1) is 6.92 Å². The van der Waals surface area contributed by atoms with Crippen molar-refractivity contribution >= 4 is 28.4 Å². The largest absolute Gasteiger partial charge is 0.493 e. The first-order chi connectivity index (χ1) is 19.7. The summed E-state index contributed by atoms with van der Waals surface area (Å²) in [5.74, 6) is 0.242. The van der Waals surface area contributed by atoms with Crippen LogP contribution in [0.25, 0.3) is 11.3 Å². The molecule has 0 amide bonds. The Labute approximate surface area is 244 Å². The highest BCUT2D eigenvalue weighted by atomic mass is 32.1. The van der Waals surface area contributed by atoms with E-state index in [2.05, 4.69) is 10.6 Å². The zero-order valence-electron chi connectivity index (χ0n) is 24.5. The van der Waals surface area contributed by atoms with Gasteiger partial charge in [0.15, 0.2) is 16.6 Å². The summed E-state index contributed by atoms with van der Waals surface area (Å²) in [6, 6.07) is 13.7. The molecule has 0 fully saturated rings. The fourth-order valence-electron chi connectivity index (χ4n) is 5.50. The van der Waals surface area contributed by atoms with Crippen LogP contribution in [-0.2, 0) is 24.5 Å². The first-order valence-electron chi connectivity index (χ1n) is 13.6. The third-order valence-corrected chi connectivity index (χ3v) is 8.25. The van der Waals surface area contributed by atoms with Crippen molar-refractivity contribution in [2.45, 2.75) is 52.1 Å². The number of aryl methyl sites for hydroxylation is 1. The highest BCUT2D eigenvalue weighted by molar-refractivity contribution is 7.16. The molecule has 1 aliphatic rings. The van der Waals surface area contributed by atoms with Gasteiger partial charge in [0.25, 0.3) is 0 Å². The Hall–Kier alpha value is -4.05. The Kier molecular flexibility index (Phi) is 9.22. The molecule has 0 spiro atoms. The summed E-state index contributed by atoms with van der Waals surface area (Å²) in [5, 5.41) is 7.41. The van der Waals surface area contributed by atoms with Crippen molar-refractivity contribution in [3.8, 4) is 22.8 Å². The number of carbonyl (C=O) groups is 2. The highest BCUT2D eigenvalue weighted by Gasteiger charge is 2.58. The molecule has 2 heterocycles. The second-order valence-electron chi connectivity index (χ2n) is 9.65. The van der Waals surface area contributed by atoms with Gasteiger partial charge in [0, 0.05) is 22.2 Å². The van der Waals surface area contributed by atoms with Gasteiger partial charge in [0.05, 0.1) is 44.7 Å². The van der Waals surface area contributed by atoms with Crippen molar-refractivity contribution in [2.75, 3.05) is 32.8 Å². The summed E-state index contributed by atoms with van der Waals surface area (Å²) in [5.41, 5.74) is 1.93. The average Bonchev–Trinajstić information content (AvgIpc) is 3.33. The van der Waals surface area contributed by atoms with E-state index < -0.39 is 29.4 Å². The molecule has 1 aromatic heterocycles. The van der Waals surface area contributed by atoms with Crippen LogP contribution in [0.5, 0.6) is 11.5 Å². The molecule has 2 aromatic carbocycles. The number of aromatic nitrogens is 1. The predicted octanol–water partition coefficient (Wildman–Crippen LogP) is 5.25. The van der Waals surface area contributed by atoms with E-state index in [-0.39, 0.29) is 13.2 Å². The smallest absolute Gasteiger partial charge is 0.337 e. The minimum Gasteiger partial charge on any atom is -0.493 e. The standard InChI is InChI=1S/C31H37N3O6S/c1-8-39-28(35)25-18(3)32-20(5)31(29(36)40-9-2,22-13-11-10-12-14-22)27(25)34-30-33-26(19(4)41-30)21-15-16-23(37-6)24(17-21)38-7/h10-17,20,27,32H,8-9H2,1-7H3,(H,33,34). The summed E-state index contributed by atoms with van der Waals surface area (Å²) < 4.78 is 22.1. The number of esters is 2. The summed E-state index contributed by atoms with van der Waals surface area (Å²) in [6.07, 6.45) is 0. The lowest BCUT2D eigenvalue weighted by Crippen LogP contribution is -2.66. The Morgan fingerprint density at radius 1 is 1.00 bits per heavy atom. The highest BCUT2D eigenvalue weighted by Crippen LogP contribution is 2.44. The molecule has 0 saturated heterocycles. The van der Waals surface area contributed by atoms with Gasteiger partial charge in [-0.3, -0.25) is 4.79 Å². The normalized spacial score (nSPS) is 20.2. The number of methoxy groups -OCH3 is 2. The minimum atomic E-state index is -1.32. The number of hydrogen-bond acceptors (Lipinski definition) is 10. The van der Waals surface area contributed by atoms with Crippen LogP contribution in [0.15, 0.2) is 59.8 Å². The molecule has 0 aliphatic carbocycles. The second kappa shape index (κ2) is 12.6. The SMILES string of the molecule is CCOC(=O)C1=C(C)NC(C)C(C(=O)OCC)(c2ccccc2)C1Nc1nc(-c2ccc(OC)c(OC)c2)c(C)s1. The van der Waals surface area contributed by atoms with Gasteiger partial charge in [0.2, 0.25) is 0 Å². The van der Waals surface area contributed by atoms with E-state index in [0.717, 1.165) is 16.1 Å². The number of nitrogens with zero attached hydrogens (tertiary/aromatic N) is 1. The van der Waals surface area contributed by atoms with Crippen molar-refractivity contribution < 1.29 is 28.5 Å². The fourth-order valence-corrected chi connectivity index (χ4v) is 6.37. The van der Waals surface area contributed by atoms with Gasteiger partial charge in [-0.1, -0.05) is 30.3 Å². The van der Waals surface area contributed by atoms with Crippen molar-refractivity contribution in [3.63, 3.8) is 0 Å². The van der Waals surface area contributed by atoms with Gasteiger partial charge in [-0.2, -0.15) is 0 Å². The summed E-state index contributed by atoms with van der Waals surface area (Å²) in [6.45, 7) is 9.62. The molecular weight excluding hydrogens is 542 g/mol. The maximum Gasteiger partial charge on any atom is 0.337 e. The molecule has 3 aromatic rings. The quantitative estimate of drug-likeness (QED) is 0.312. The lowest BCUT2D eigenvalue weighted by molar-refractivity contribution is -0.152. The van der Waals surface area contributed by atoms with Crippen molar-refractivity contribution in [2.24, 2.45) is 0 Å². The zero-order chi connectivity index (χ0) is 29.7. The number of benzene rings is 2. The maximum atomic E-state index is 14.1. The van der Waals surface area contributed by atoms with Crippen LogP contribution >= 0.6 is 11.3 Å². The molecule has 0 bridgehead atoms. The molecule has 3 unspecified atom stereocenters. The first-order valence-corrected chi connectivity index (χ1v) is 14.4. The molecule has 0 radical (unpaired) electrons. The lowest BCUT2D eigenvalue weighted by atomic mass is 9.64. The molecule has 9 nitrogen and oxygen atoms in total. The van der Waals surface area contributed by atoms with Gasteiger partial charge in [0.1, 0.15) is 5.41 Å². The van der Waals surface area contributed by atoms with Crippen molar-refractivity contribution in [1.82, 2.24) is 10.3 Å². The molecule has 218 valence electrons. The van der Waals surface area contributed by atoms with Crippen molar-refractivity contribution in [3.05, 3.63) is 70.2 Å². The summed E-state index contributed by atoms with van der Waals surface area (Å²) in [7, 11) is 3.18. The van der Waals surface area contributed by atoms with E-state index in [1.165, 1.54) is 11.3 Å². The van der Waals surface area contributed by atoms with E-state index in [1.54, 1.807) is 28.1 Å². The van der Waals surface area contributed by atoms with Gasteiger partial charge in [-0.05, 0) is 58.4 Å². The van der Waals surface area contributed by atoms with E-state index in [9.17, 15) is 9.59 Å². The van der Waals surface area contributed by atoms with Crippen LogP contribution in [0.1, 0.15) is 38.1 Å². The molecule has 10 heteroatoms. The van der Waals surface area contributed by atoms with Crippen LogP contribution in [0.4, 0.5) is 5.13 Å². The number of nitrogens with one attached hydrogen (secondary N) is 2. The van der Waals surface area contributed by atoms with E-state index >= 15 is 0 Å². The number of ether oxygens (including phenoxy) is 4. The second-order valence-corrected chi connectivity index (χ2v) is 10.9. The Morgan fingerprint density at radius 2 is 1.68 bits per heavy atom. The average molecular weight is 580 g/mol. The fraction of sp³-hybridized carbons (Fsp3) is 0.387. The van der Waals surface area contributed by atoms with E-state index in [0.29, 0.717) is 33.5 Å². The third kappa shape index (κ3) is 5.48. The van der Waals surface area contributed by atoms with Gasteiger partial charge >= 0.3 is 11.9 Å². The molecule has 1 aliphatic heterocycles. The van der Waals surface area contributed by atoms with Crippen LogP contribution in [0.2, 0.25) is 0 Å². The first kappa shape index (κ1) is 29.9. The number of thiazole rings is 1. The van der Waals surface area contributed by atoms with E-state index in [1.807, 2.05) is 69.3 Å². The van der Waals surface area contributed by atoms with Crippen LogP contribution in [-0.4, -0.2) is 56.4 Å². The Balaban J connectivity index is 1.90. The van der Waals surface area contributed by atoms with Gasteiger partial charge < -0.3 is 29.6 Å². The molecule has 4 rings (SSSR count). The number of carbonyl (C=O) groups excluding carboxylic acids is 2. The van der Waals surface area contributed by atoms with Gasteiger partial charge in [-0.25, -0.2) is 9.78 Å². The number of anilines is 1. The topological polar surface area (TPSA) is 108 Å². The van der Waals surface area contributed by atoms with Gasteiger partial charge in [-0.15, -0.1) is 11.3 Å². The van der Waals surface area contributed by atoms with E-state index in [4.69, 9.17) is 23.9 Å². The van der Waals surface area contributed by atoms with Crippen molar-refractivity contribution in [1.29, 1.82) is 0 Å². The maximum absolute atomic E-state index is 14.1. The molecular formula is C31H37N3O6S. The molecule has 2 N–H and O–H groups in total. The number of rotatable bonds is 10. The minimum absolute atomic E-state index is 0.185. The Morgan fingerprint density at radius 3 is 2.32 bits per heavy atom. The zero-order valence-corrected chi connectivity index (χ0v) is 25.3. The Bertz CT molecular complexity index is 1440. The monoisotopic (exact) mass is 579 g/mol. The van der Waals surface area contributed by atoms with Crippen LogP contribution in [0.3, 0.4) is 0 Å². The molecule has 3 atom stereocenters. The number of hydrogen-bond donors (Lipinski definition) is 2.